The number of esters is 3. The Morgan fingerprint density at radius 3 is 2.04 bits per heavy atom. The standard InChI is InChI=1S/C13H19O8.ClH.Hg/c1-7(14)18-6-11-13(20-9(3)16)10(19-8(2)15)5-12(17-4)21-11;;/h5,10-13H,6H2,1-4H3;1H;/q;;+1/p-1/t10-,11-,12+,13+;;/m1../s1. The van der Waals surface area contributed by atoms with Crippen LogP contribution in [0.1, 0.15) is 20.8 Å². The second-order valence-corrected chi connectivity index (χ2v) is 12.6. The van der Waals surface area contributed by atoms with Crippen LogP contribution in [-0.2, 0) is 61.4 Å². The number of methoxy groups -OCH3 is 1. The minimum absolute atomic E-state index is 0.156. The molecule has 10 heteroatoms. The molecule has 1 heterocycles. The van der Waals surface area contributed by atoms with Crippen LogP contribution in [0, 0.1) is 0 Å². The van der Waals surface area contributed by atoms with E-state index >= 15 is 0 Å². The maximum absolute atomic E-state index is 11.4. The summed E-state index contributed by atoms with van der Waals surface area (Å²) in [5.41, 5.74) is 0. The van der Waals surface area contributed by atoms with Crippen molar-refractivity contribution >= 4 is 26.2 Å². The van der Waals surface area contributed by atoms with Gasteiger partial charge in [0, 0.05) is 0 Å². The first kappa shape index (κ1) is 20.6. The van der Waals surface area contributed by atoms with Gasteiger partial charge in [0.15, 0.2) is 0 Å². The van der Waals surface area contributed by atoms with Gasteiger partial charge in [0.2, 0.25) is 0 Å². The van der Waals surface area contributed by atoms with Crippen molar-refractivity contribution in [3.8, 4) is 0 Å². The summed E-state index contributed by atoms with van der Waals surface area (Å²) in [7, 11) is 7.60. The number of carbonyl (C=O) groups is 3. The Kier molecular flexibility index (Phi) is 8.74. The monoisotopic (exact) mass is 540 g/mol. The number of hydrogen-bond donors (Lipinski definition) is 0. The predicted octanol–water partition coefficient (Wildman–Crippen LogP) is 0.809. The Morgan fingerprint density at radius 2 is 1.61 bits per heavy atom. The fraction of sp³-hybridized carbons (Fsp3) is 0.769. The molecule has 0 amide bonds. The summed E-state index contributed by atoms with van der Waals surface area (Å²) in [6.07, 6.45) is -3.21. The summed E-state index contributed by atoms with van der Waals surface area (Å²) < 4.78 is 26.2. The summed E-state index contributed by atoms with van der Waals surface area (Å²) in [5.74, 6) is -1.60. The van der Waals surface area contributed by atoms with E-state index in [-0.39, 0.29) is 10.0 Å². The van der Waals surface area contributed by atoms with Gasteiger partial charge >= 0.3 is 150 Å². The van der Waals surface area contributed by atoms with Crippen molar-refractivity contribution in [2.24, 2.45) is 0 Å². The minimum atomic E-state index is -2.03. The van der Waals surface area contributed by atoms with Crippen LogP contribution in [0.3, 0.4) is 0 Å². The van der Waals surface area contributed by atoms with Crippen LogP contribution in [0.15, 0.2) is 0 Å². The maximum atomic E-state index is 11.4. The topological polar surface area (TPSA) is 97.4 Å². The van der Waals surface area contributed by atoms with Gasteiger partial charge in [-0.25, -0.2) is 0 Å². The van der Waals surface area contributed by atoms with Crippen molar-refractivity contribution in [3.63, 3.8) is 0 Å². The number of halogens is 1. The number of carbonyl (C=O) groups excluding carboxylic acids is 3. The summed E-state index contributed by atoms with van der Waals surface area (Å²) in [4.78, 5) is 33.9. The third-order valence-corrected chi connectivity index (χ3v) is 11.1. The fourth-order valence-electron chi connectivity index (χ4n) is 2.37. The van der Waals surface area contributed by atoms with Crippen LogP contribution in [0.2, 0.25) is 3.43 Å². The van der Waals surface area contributed by atoms with Crippen LogP contribution >= 0.6 is 8.25 Å². The Morgan fingerprint density at radius 1 is 1.04 bits per heavy atom. The second-order valence-electron chi connectivity index (χ2n) is 5.05. The van der Waals surface area contributed by atoms with E-state index in [0.717, 1.165) is 0 Å². The zero-order valence-corrected chi connectivity index (χ0v) is 19.7. The second kappa shape index (κ2) is 9.75. The summed E-state index contributed by atoms with van der Waals surface area (Å²) in [5, 5.41) is 0. The molecule has 0 unspecified atom stereocenters. The zero-order chi connectivity index (χ0) is 17.6. The molecule has 1 rings (SSSR count). The average Bonchev–Trinajstić information content (AvgIpc) is 2.45. The van der Waals surface area contributed by atoms with Crippen LogP contribution in [0.4, 0.5) is 0 Å². The van der Waals surface area contributed by atoms with Crippen molar-refractivity contribution in [1.29, 1.82) is 0 Å². The van der Waals surface area contributed by atoms with Crippen LogP contribution in [-0.4, -0.2) is 56.2 Å². The van der Waals surface area contributed by atoms with E-state index in [0.29, 0.717) is 0 Å². The van der Waals surface area contributed by atoms with Gasteiger partial charge in [-0.15, -0.1) is 0 Å². The molecule has 0 aromatic rings. The van der Waals surface area contributed by atoms with Gasteiger partial charge in [0.1, 0.15) is 0 Å². The molecular formula is C13H19ClHgO8. The van der Waals surface area contributed by atoms with Gasteiger partial charge in [0.25, 0.3) is 0 Å². The third kappa shape index (κ3) is 6.17. The fourth-order valence-corrected chi connectivity index (χ4v) is 9.03. The van der Waals surface area contributed by atoms with Crippen molar-refractivity contribution in [3.05, 3.63) is 0 Å². The van der Waals surface area contributed by atoms with Gasteiger partial charge in [0.05, 0.1) is 0 Å². The molecule has 1 aliphatic heterocycles. The van der Waals surface area contributed by atoms with Gasteiger partial charge in [-0.2, -0.15) is 0 Å². The summed E-state index contributed by atoms with van der Waals surface area (Å²) in [6.45, 7) is 3.58. The van der Waals surface area contributed by atoms with Gasteiger partial charge < -0.3 is 0 Å². The summed E-state index contributed by atoms with van der Waals surface area (Å²) >= 11 is -2.03. The Balaban J connectivity index is 3.08. The molecule has 0 spiro atoms. The van der Waals surface area contributed by atoms with E-state index < -0.39 is 65.8 Å². The summed E-state index contributed by atoms with van der Waals surface area (Å²) in [6, 6.07) is 0. The van der Waals surface area contributed by atoms with Crippen LogP contribution in [0.25, 0.3) is 0 Å². The molecule has 23 heavy (non-hydrogen) atoms. The van der Waals surface area contributed by atoms with Gasteiger partial charge in [-0.05, 0) is 0 Å². The number of hydrogen-bond acceptors (Lipinski definition) is 8. The molecule has 1 fully saturated rings. The Hall–Kier alpha value is -0.445. The predicted molar refractivity (Wildman–Crippen MR) is 73.0 cm³/mol. The zero-order valence-electron chi connectivity index (χ0n) is 13.4. The molecular weight excluding hydrogens is 520 g/mol. The molecule has 0 aromatic heterocycles. The van der Waals surface area contributed by atoms with E-state index in [2.05, 4.69) is 0 Å². The molecule has 0 aromatic carbocycles. The first-order chi connectivity index (χ1) is 10.8. The third-order valence-electron chi connectivity index (χ3n) is 3.24. The average molecular weight is 539 g/mol. The van der Waals surface area contributed by atoms with Crippen LogP contribution < -0.4 is 0 Å². The molecule has 0 radical (unpaired) electrons. The number of ether oxygens (including phenoxy) is 5. The van der Waals surface area contributed by atoms with Crippen molar-refractivity contribution in [2.75, 3.05) is 13.7 Å². The van der Waals surface area contributed by atoms with Crippen molar-refractivity contribution in [1.82, 2.24) is 0 Å². The molecule has 0 aliphatic carbocycles. The molecule has 128 valence electrons. The number of rotatable bonds is 6. The van der Waals surface area contributed by atoms with E-state index in [4.69, 9.17) is 31.9 Å². The Labute approximate surface area is 149 Å². The molecule has 0 bridgehead atoms. The van der Waals surface area contributed by atoms with Crippen molar-refractivity contribution < 1.29 is 61.4 Å². The quantitative estimate of drug-likeness (QED) is 0.278. The first-order valence-corrected chi connectivity index (χ1v) is 17.0. The van der Waals surface area contributed by atoms with E-state index in [1.807, 2.05) is 0 Å². The first-order valence-electron chi connectivity index (χ1n) is 7.02. The molecule has 0 N–H and O–H groups in total. The SMILES string of the molecule is CO[C@H]1O[C@H](COC(C)=O)[C@@H](OC(C)=O)[C@H](OC(C)=O)[C@@H]1[Hg][Cl]. The van der Waals surface area contributed by atoms with E-state index in [1.54, 1.807) is 0 Å². The van der Waals surface area contributed by atoms with Gasteiger partial charge in [-0.1, -0.05) is 0 Å². The Bertz CT molecular complexity index is 446. The molecule has 1 saturated heterocycles. The van der Waals surface area contributed by atoms with Gasteiger partial charge in [-0.3, -0.25) is 0 Å². The van der Waals surface area contributed by atoms with Crippen LogP contribution in [0.5, 0.6) is 0 Å². The van der Waals surface area contributed by atoms with Crippen molar-refractivity contribution in [2.45, 2.75) is 48.8 Å². The normalized spacial score (nSPS) is 30.0. The molecule has 5 atom stereocenters. The molecule has 8 nitrogen and oxygen atoms in total. The molecule has 0 saturated carbocycles. The van der Waals surface area contributed by atoms with E-state index in [1.165, 1.54) is 27.9 Å². The van der Waals surface area contributed by atoms with E-state index in [9.17, 15) is 14.4 Å². The molecule has 1 aliphatic rings.